The van der Waals surface area contributed by atoms with Crippen LogP contribution >= 0.6 is 0 Å². The van der Waals surface area contributed by atoms with Gasteiger partial charge in [-0.05, 0) is 104 Å². The first-order valence-electron chi connectivity index (χ1n) is 9.98. The predicted octanol–water partition coefficient (Wildman–Crippen LogP) is 3.65. The maximum absolute atomic E-state index is 2.56. The molecule has 23 heavy (non-hydrogen) atoms. The van der Waals surface area contributed by atoms with Gasteiger partial charge in [-0.1, -0.05) is 20.8 Å². The average Bonchev–Trinajstić information content (AvgIpc) is 2.55. The van der Waals surface area contributed by atoms with Crippen molar-refractivity contribution in [2.45, 2.75) is 52.9 Å². The van der Waals surface area contributed by atoms with E-state index in [0.717, 1.165) is 17.8 Å². The summed E-state index contributed by atoms with van der Waals surface area (Å²) in [5, 5.41) is 0. The number of piperidine rings is 1. The molecule has 0 aromatic heterocycles. The number of rotatable bonds is 11. The first-order chi connectivity index (χ1) is 10.9. The molecule has 0 aromatic carbocycles. The first-order valence-corrected chi connectivity index (χ1v) is 9.98. The Hall–Kier alpha value is -0.120. The van der Waals surface area contributed by atoms with Gasteiger partial charge in [0.15, 0.2) is 0 Å². The molecule has 0 aliphatic carbocycles. The van der Waals surface area contributed by atoms with Crippen LogP contribution in [0.25, 0.3) is 0 Å². The number of likely N-dealkylation sites (tertiary alicyclic amines) is 1. The summed E-state index contributed by atoms with van der Waals surface area (Å²) in [5.41, 5.74) is 0. The van der Waals surface area contributed by atoms with E-state index in [1.165, 1.54) is 71.4 Å². The molecule has 1 rings (SSSR count). The van der Waals surface area contributed by atoms with Crippen molar-refractivity contribution in [3.8, 4) is 0 Å². The summed E-state index contributed by atoms with van der Waals surface area (Å²) in [6.07, 6.45) is 6.88. The zero-order valence-electron chi connectivity index (χ0n) is 16.9. The molecule has 0 amide bonds. The SMILES string of the molecule is CCN(C)CCC(C)CCN(C)CCC(C)C1CCCN(C)C1. The van der Waals surface area contributed by atoms with E-state index in [4.69, 9.17) is 0 Å². The van der Waals surface area contributed by atoms with Crippen LogP contribution in [-0.4, -0.2) is 75.1 Å². The van der Waals surface area contributed by atoms with Crippen LogP contribution in [0.1, 0.15) is 52.9 Å². The van der Waals surface area contributed by atoms with Gasteiger partial charge < -0.3 is 14.7 Å². The fourth-order valence-corrected chi connectivity index (χ4v) is 3.63. The van der Waals surface area contributed by atoms with E-state index >= 15 is 0 Å². The van der Waals surface area contributed by atoms with E-state index in [1.54, 1.807) is 0 Å². The summed E-state index contributed by atoms with van der Waals surface area (Å²) in [6, 6.07) is 0. The zero-order valence-corrected chi connectivity index (χ0v) is 16.9. The Morgan fingerprint density at radius 3 is 2.22 bits per heavy atom. The maximum atomic E-state index is 2.56. The second-order valence-electron chi connectivity index (χ2n) is 8.31. The van der Waals surface area contributed by atoms with Crippen molar-refractivity contribution in [3.05, 3.63) is 0 Å². The van der Waals surface area contributed by atoms with E-state index in [-0.39, 0.29) is 0 Å². The van der Waals surface area contributed by atoms with E-state index in [9.17, 15) is 0 Å². The molecule has 0 radical (unpaired) electrons. The van der Waals surface area contributed by atoms with Crippen molar-refractivity contribution in [2.75, 3.05) is 60.4 Å². The highest BCUT2D eigenvalue weighted by Crippen LogP contribution is 2.25. The van der Waals surface area contributed by atoms with Crippen LogP contribution < -0.4 is 0 Å². The van der Waals surface area contributed by atoms with Gasteiger partial charge in [0, 0.05) is 6.54 Å². The van der Waals surface area contributed by atoms with Gasteiger partial charge in [-0.2, -0.15) is 0 Å². The quantitative estimate of drug-likeness (QED) is 0.574. The van der Waals surface area contributed by atoms with Crippen LogP contribution in [0, 0.1) is 17.8 Å². The van der Waals surface area contributed by atoms with Crippen LogP contribution in [-0.2, 0) is 0 Å². The maximum Gasteiger partial charge on any atom is 0.000917 e. The molecule has 0 spiro atoms. The summed E-state index contributed by atoms with van der Waals surface area (Å²) < 4.78 is 0. The fraction of sp³-hybridized carbons (Fsp3) is 1.00. The highest BCUT2D eigenvalue weighted by atomic mass is 15.1. The Bertz CT molecular complexity index is 295. The normalized spacial score (nSPS) is 22.7. The first kappa shape index (κ1) is 20.9. The molecule has 3 unspecified atom stereocenters. The van der Waals surface area contributed by atoms with Gasteiger partial charge in [-0.3, -0.25) is 0 Å². The summed E-state index contributed by atoms with van der Waals surface area (Å²) >= 11 is 0. The molecule has 1 aliphatic rings. The summed E-state index contributed by atoms with van der Waals surface area (Å²) in [7, 11) is 6.82. The van der Waals surface area contributed by atoms with Crippen LogP contribution in [0.4, 0.5) is 0 Å². The third kappa shape index (κ3) is 9.07. The highest BCUT2D eigenvalue weighted by molar-refractivity contribution is 4.75. The van der Waals surface area contributed by atoms with Gasteiger partial charge in [0.25, 0.3) is 0 Å². The van der Waals surface area contributed by atoms with Gasteiger partial charge in [0.2, 0.25) is 0 Å². The summed E-state index contributed by atoms with van der Waals surface area (Å²) in [4.78, 5) is 7.50. The van der Waals surface area contributed by atoms with Gasteiger partial charge >= 0.3 is 0 Å². The van der Waals surface area contributed by atoms with Crippen LogP contribution in [0.15, 0.2) is 0 Å². The van der Waals surface area contributed by atoms with E-state index in [0.29, 0.717) is 0 Å². The lowest BCUT2D eigenvalue weighted by molar-refractivity contribution is 0.152. The Morgan fingerprint density at radius 2 is 1.61 bits per heavy atom. The van der Waals surface area contributed by atoms with E-state index in [2.05, 4.69) is 56.6 Å². The zero-order chi connectivity index (χ0) is 17.2. The minimum absolute atomic E-state index is 0.843. The molecule has 1 aliphatic heterocycles. The van der Waals surface area contributed by atoms with Crippen molar-refractivity contribution < 1.29 is 0 Å². The molecule has 3 heteroatoms. The van der Waals surface area contributed by atoms with Gasteiger partial charge in [-0.25, -0.2) is 0 Å². The Balaban J connectivity index is 2.12. The van der Waals surface area contributed by atoms with Crippen molar-refractivity contribution in [3.63, 3.8) is 0 Å². The van der Waals surface area contributed by atoms with Crippen molar-refractivity contribution in [1.29, 1.82) is 0 Å². The smallest absolute Gasteiger partial charge is 0.000917 e. The molecular formula is C20H43N3. The molecule has 3 nitrogen and oxygen atoms in total. The van der Waals surface area contributed by atoms with Crippen molar-refractivity contribution in [2.24, 2.45) is 17.8 Å². The van der Waals surface area contributed by atoms with Crippen LogP contribution in [0.5, 0.6) is 0 Å². The summed E-state index contributed by atoms with van der Waals surface area (Å²) in [6.45, 7) is 14.7. The molecule has 1 saturated heterocycles. The Labute approximate surface area is 146 Å². The van der Waals surface area contributed by atoms with Gasteiger partial charge in [-0.15, -0.1) is 0 Å². The van der Waals surface area contributed by atoms with E-state index < -0.39 is 0 Å². The Kier molecular flexibility index (Phi) is 10.4. The topological polar surface area (TPSA) is 9.72 Å². The lowest BCUT2D eigenvalue weighted by atomic mass is 9.85. The largest absolute Gasteiger partial charge is 0.307 e. The molecule has 1 heterocycles. The third-order valence-corrected chi connectivity index (χ3v) is 5.98. The molecule has 3 atom stereocenters. The third-order valence-electron chi connectivity index (χ3n) is 5.98. The standard InChI is InChI=1S/C20H43N3/c1-7-21(4)14-10-18(2)11-15-22(5)16-12-19(3)20-9-8-13-23(6)17-20/h18-20H,7-17H2,1-6H3. The molecule has 138 valence electrons. The molecular weight excluding hydrogens is 282 g/mol. The number of hydrogen-bond donors (Lipinski definition) is 0. The molecule has 0 aromatic rings. The minimum atomic E-state index is 0.843. The highest BCUT2D eigenvalue weighted by Gasteiger charge is 2.22. The molecule has 1 fully saturated rings. The lowest BCUT2D eigenvalue weighted by Crippen LogP contribution is -2.36. The second-order valence-corrected chi connectivity index (χ2v) is 8.31. The molecule has 0 saturated carbocycles. The van der Waals surface area contributed by atoms with E-state index in [1.807, 2.05) is 0 Å². The molecule has 0 bridgehead atoms. The average molecular weight is 326 g/mol. The second kappa shape index (κ2) is 11.4. The van der Waals surface area contributed by atoms with Crippen molar-refractivity contribution >= 4 is 0 Å². The van der Waals surface area contributed by atoms with Gasteiger partial charge in [0.05, 0.1) is 0 Å². The van der Waals surface area contributed by atoms with Crippen molar-refractivity contribution in [1.82, 2.24) is 14.7 Å². The van der Waals surface area contributed by atoms with Gasteiger partial charge in [0.1, 0.15) is 0 Å². The minimum Gasteiger partial charge on any atom is -0.307 e. The number of hydrogen-bond acceptors (Lipinski definition) is 3. The summed E-state index contributed by atoms with van der Waals surface area (Å²) in [5.74, 6) is 2.64. The van der Waals surface area contributed by atoms with Crippen LogP contribution in [0.2, 0.25) is 0 Å². The fourth-order valence-electron chi connectivity index (χ4n) is 3.63. The predicted molar refractivity (Wildman–Crippen MR) is 103 cm³/mol. The Morgan fingerprint density at radius 1 is 1.00 bits per heavy atom. The monoisotopic (exact) mass is 325 g/mol. The number of nitrogens with zero attached hydrogens (tertiary/aromatic N) is 3. The molecule has 0 N–H and O–H groups in total. The lowest BCUT2D eigenvalue weighted by Gasteiger charge is -2.34. The van der Waals surface area contributed by atoms with Crippen LogP contribution in [0.3, 0.4) is 0 Å².